The minimum Gasteiger partial charge on any atom is -0.389 e. The molecule has 0 saturated carbocycles. The Balaban J connectivity index is 1.57. The molecule has 2 rings (SSSR count). The molecule has 0 aliphatic carbocycles. The minimum absolute atomic E-state index is 0.395. The van der Waals surface area contributed by atoms with Gasteiger partial charge in [0.25, 0.3) is 0 Å². The molecule has 0 aromatic carbocycles. The predicted molar refractivity (Wildman–Crippen MR) is 81.0 cm³/mol. The maximum absolute atomic E-state index is 10.0. The highest BCUT2D eigenvalue weighted by atomic mass is 32.1. The van der Waals surface area contributed by atoms with Gasteiger partial charge in [0.2, 0.25) is 0 Å². The highest BCUT2D eigenvalue weighted by molar-refractivity contribution is 7.09. The first-order valence-electron chi connectivity index (χ1n) is 7.27. The summed E-state index contributed by atoms with van der Waals surface area (Å²) in [6.07, 6.45) is 1.93. The standard InChI is InChI=1S/C15H25NO3S/c1-18-10-13-4-6-16(7-5-13)9-14(17)11-19-12-15-3-2-8-20-15/h2-3,8,13-14,17H,4-7,9-12H2,1H3. The Hall–Kier alpha value is -0.460. The monoisotopic (exact) mass is 299 g/mol. The van der Waals surface area contributed by atoms with E-state index in [1.807, 2.05) is 11.4 Å². The van der Waals surface area contributed by atoms with E-state index in [2.05, 4.69) is 11.0 Å². The largest absolute Gasteiger partial charge is 0.389 e. The minimum atomic E-state index is -0.395. The summed E-state index contributed by atoms with van der Waals surface area (Å²) in [5.74, 6) is 0.684. The molecule has 1 unspecified atom stereocenters. The summed E-state index contributed by atoms with van der Waals surface area (Å²) in [5.41, 5.74) is 0. The molecule has 1 aliphatic rings. The van der Waals surface area contributed by atoms with Crippen LogP contribution in [0.4, 0.5) is 0 Å². The highest BCUT2D eigenvalue weighted by Gasteiger charge is 2.20. The van der Waals surface area contributed by atoms with E-state index in [-0.39, 0.29) is 0 Å². The van der Waals surface area contributed by atoms with Gasteiger partial charge in [-0.15, -0.1) is 11.3 Å². The number of β-amino-alcohol motifs (C(OH)–C–C–N with tert-alkyl or cyclic N) is 1. The molecule has 5 heteroatoms. The Morgan fingerprint density at radius 3 is 2.90 bits per heavy atom. The summed E-state index contributed by atoms with van der Waals surface area (Å²) in [6.45, 7) is 4.69. The lowest BCUT2D eigenvalue weighted by molar-refractivity contribution is 0.00216. The molecule has 1 N–H and O–H groups in total. The van der Waals surface area contributed by atoms with Crippen molar-refractivity contribution < 1.29 is 14.6 Å². The lowest BCUT2D eigenvalue weighted by Gasteiger charge is -2.32. The van der Waals surface area contributed by atoms with Crippen LogP contribution in [0.15, 0.2) is 17.5 Å². The van der Waals surface area contributed by atoms with Gasteiger partial charge in [-0.3, -0.25) is 0 Å². The van der Waals surface area contributed by atoms with Crippen LogP contribution in [0.5, 0.6) is 0 Å². The van der Waals surface area contributed by atoms with Gasteiger partial charge >= 0.3 is 0 Å². The maximum Gasteiger partial charge on any atom is 0.0900 e. The lowest BCUT2D eigenvalue weighted by atomic mass is 9.97. The van der Waals surface area contributed by atoms with Crippen LogP contribution in [-0.4, -0.2) is 56.1 Å². The molecule has 1 aromatic rings. The van der Waals surface area contributed by atoms with E-state index >= 15 is 0 Å². The molecule has 4 nitrogen and oxygen atoms in total. The van der Waals surface area contributed by atoms with E-state index in [4.69, 9.17) is 9.47 Å². The first-order chi connectivity index (χ1) is 9.78. The van der Waals surface area contributed by atoms with Crippen molar-refractivity contribution in [1.82, 2.24) is 4.90 Å². The molecule has 1 saturated heterocycles. The average Bonchev–Trinajstić information content (AvgIpc) is 2.94. The second kappa shape index (κ2) is 8.74. The fourth-order valence-corrected chi connectivity index (χ4v) is 3.25. The van der Waals surface area contributed by atoms with Gasteiger partial charge in [0.15, 0.2) is 0 Å². The third-order valence-electron chi connectivity index (χ3n) is 3.71. The van der Waals surface area contributed by atoms with Gasteiger partial charge in [0.1, 0.15) is 0 Å². The van der Waals surface area contributed by atoms with Crippen LogP contribution < -0.4 is 0 Å². The molecule has 0 spiro atoms. The predicted octanol–water partition coefficient (Wildman–Crippen LogP) is 1.98. The van der Waals surface area contributed by atoms with E-state index in [0.717, 1.165) is 32.5 Å². The van der Waals surface area contributed by atoms with E-state index in [0.29, 0.717) is 25.7 Å². The lowest BCUT2D eigenvalue weighted by Crippen LogP contribution is -2.40. The number of rotatable bonds is 8. The Labute approximate surface area is 125 Å². The number of aliphatic hydroxyl groups excluding tert-OH is 1. The number of thiophene rings is 1. The molecule has 2 heterocycles. The van der Waals surface area contributed by atoms with Crippen molar-refractivity contribution in [3.8, 4) is 0 Å². The van der Waals surface area contributed by atoms with Gasteiger partial charge in [-0.25, -0.2) is 0 Å². The fraction of sp³-hybridized carbons (Fsp3) is 0.733. The van der Waals surface area contributed by atoms with Crippen molar-refractivity contribution in [3.05, 3.63) is 22.4 Å². The first kappa shape index (κ1) is 15.9. The van der Waals surface area contributed by atoms with Crippen LogP contribution in [0.2, 0.25) is 0 Å². The number of piperidine rings is 1. The zero-order valence-corrected chi connectivity index (χ0v) is 13.0. The molecular formula is C15H25NO3S. The van der Waals surface area contributed by atoms with Crippen molar-refractivity contribution in [2.75, 3.05) is 40.0 Å². The number of hydrogen-bond acceptors (Lipinski definition) is 5. The quantitative estimate of drug-likeness (QED) is 0.797. The smallest absolute Gasteiger partial charge is 0.0900 e. The van der Waals surface area contributed by atoms with Gasteiger partial charge in [-0.2, -0.15) is 0 Å². The summed E-state index contributed by atoms with van der Waals surface area (Å²) >= 11 is 1.69. The molecule has 0 amide bonds. The van der Waals surface area contributed by atoms with Crippen molar-refractivity contribution in [3.63, 3.8) is 0 Å². The topological polar surface area (TPSA) is 41.9 Å². The van der Waals surface area contributed by atoms with Crippen molar-refractivity contribution in [2.24, 2.45) is 5.92 Å². The van der Waals surface area contributed by atoms with E-state index in [1.54, 1.807) is 18.4 Å². The second-order valence-electron chi connectivity index (χ2n) is 5.45. The molecule has 1 fully saturated rings. The summed E-state index contributed by atoms with van der Waals surface area (Å²) in [6, 6.07) is 4.07. The Kier molecular flexibility index (Phi) is 6.96. The van der Waals surface area contributed by atoms with Crippen molar-refractivity contribution in [1.29, 1.82) is 0 Å². The van der Waals surface area contributed by atoms with Crippen molar-refractivity contribution in [2.45, 2.75) is 25.6 Å². The van der Waals surface area contributed by atoms with Crippen LogP contribution in [0.25, 0.3) is 0 Å². The Bertz CT molecular complexity index is 350. The highest BCUT2D eigenvalue weighted by Crippen LogP contribution is 2.17. The number of likely N-dealkylation sites (tertiary alicyclic amines) is 1. The van der Waals surface area contributed by atoms with Gasteiger partial charge in [-0.05, 0) is 43.3 Å². The summed E-state index contributed by atoms with van der Waals surface area (Å²) in [5, 5.41) is 12.1. The molecule has 1 aliphatic heterocycles. The summed E-state index contributed by atoms with van der Waals surface area (Å²) in [4.78, 5) is 3.53. The average molecular weight is 299 g/mol. The van der Waals surface area contributed by atoms with Crippen LogP contribution >= 0.6 is 11.3 Å². The number of ether oxygens (including phenoxy) is 2. The Morgan fingerprint density at radius 1 is 1.45 bits per heavy atom. The van der Waals surface area contributed by atoms with Crippen molar-refractivity contribution >= 4 is 11.3 Å². The van der Waals surface area contributed by atoms with Crippen LogP contribution in [-0.2, 0) is 16.1 Å². The number of methoxy groups -OCH3 is 1. The van der Waals surface area contributed by atoms with Gasteiger partial charge in [-0.1, -0.05) is 6.07 Å². The van der Waals surface area contributed by atoms with E-state index in [9.17, 15) is 5.11 Å². The van der Waals surface area contributed by atoms with Crippen LogP contribution in [0.1, 0.15) is 17.7 Å². The first-order valence-corrected chi connectivity index (χ1v) is 8.15. The third-order valence-corrected chi connectivity index (χ3v) is 4.56. The van der Waals surface area contributed by atoms with E-state index < -0.39 is 6.10 Å². The van der Waals surface area contributed by atoms with Gasteiger partial charge in [0.05, 0.1) is 19.3 Å². The molecular weight excluding hydrogens is 274 g/mol. The summed E-state index contributed by atoms with van der Waals surface area (Å²) < 4.78 is 10.8. The molecule has 1 aromatic heterocycles. The maximum atomic E-state index is 10.0. The molecule has 1 atom stereocenters. The number of hydrogen-bond donors (Lipinski definition) is 1. The summed E-state index contributed by atoms with van der Waals surface area (Å²) in [7, 11) is 1.76. The normalized spacial score (nSPS) is 19.3. The fourth-order valence-electron chi connectivity index (χ4n) is 2.61. The molecule has 0 radical (unpaired) electrons. The molecule has 20 heavy (non-hydrogen) atoms. The van der Waals surface area contributed by atoms with Gasteiger partial charge in [0, 0.05) is 25.1 Å². The number of aliphatic hydroxyl groups is 1. The SMILES string of the molecule is COCC1CCN(CC(O)COCc2cccs2)CC1. The zero-order valence-electron chi connectivity index (χ0n) is 12.2. The van der Waals surface area contributed by atoms with Crippen LogP contribution in [0.3, 0.4) is 0 Å². The molecule has 0 bridgehead atoms. The van der Waals surface area contributed by atoms with Crippen LogP contribution in [0, 0.1) is 5.92 Å². The third kappa shape index (κ3) is 5.50. The molecule has 114 valence electrons. The second-order valence-corrected chi connectivity index (χ2v) is 6.48. The van der Waals surface area contributed by atoms with E-state index in [1.165, 1.54) is 4.88 Å². The van der Waals surface area contributed by atoms with Gasteiger partial charge < -0.3 is 19.5 Å². The number of nitrogens with zero attached hydrogens (tertiary/aromatic N) is 1. The Morgan fingerprint density at radius 2 is 2.25 bits per heavy atom. The zero-order chi connectivity index (χ0) is 14.2.